The molecule has 75 heavy (non-hydrogen) atoms. The van der Waals surface area contributed by atoms with Gasteiger partial charge < -0.3 is 36.0 Å². The maximum atomic E-state index is 14.0. The fourth-order valence-electron chi connectivity index (χ4n) is 10.7. The molecule has 2 saturated heterocycles. The number of benzene rings is 2. The molecule has 3 aromatic rings. The quantitative estimate of drug-likeness (QED) is 0.154. The summed E-state index contributed by atoms with van der Waals surface area (Å²) in [6.07, 6.45) is 16.0. The van der Waals surface area contributed by atoms with E-state index in [0.717, 1.165) is 60.2 Å². The normalized spacial score (nSPS) is 23.7. The van der Waals surface area contributed by atoms with Crippen LogP contribution in [0.5, 0.6) is 0 Å². The van der Waals surface area contributed by atoms with Crippen LogP contribution < -0.4 is 31.9 Å². The number of carbonyl (C=O) groups is 7. The number of imide groups is 2. The molecule has 4 bridgehead atoms. The minimum atomic E-state index is -1.02. The molecule has 3 fully saturated rings. The van der Waals surface area contributed by atoms with Crippen molar-refractivity contribution in [3.8, 4) is 0 Å². The van der Waals surface area contributed by atoms with Crippen LogP contribution in [0, 0.1) is 11.8 Å². The first-order chi connectivity index (χ1) is 36.1. The second kappa shape index (κ2) is 22.8. The Hall–Kier alpha value is -7.70. The minimum absolute atomic E-state index is 0.00910. The van der Waals surface area contributed by atoms with E-state index in [1.807, 2.05) is 69.5 Å². The maximum absolute atomic E-state index is 14.0. The largest absolute Gasteiger partial charge is 0.382 e. The van der Waals surface area contributed by atoms with Crippen LogP contribution >= 0.6 is 0 Å². The Labute approximate surface area is 436 Å². The number of fused-ring (bicyclic) bond motifs is 5. The molecule has 19 nitrogen and oxygen atoms in total. The third-order valence-corrected chi connectivity index (χ3v) is 15.0. The molecule has 3 atom stereocenters. The summed E-state index contributed by atoms with van der Waals surface area (Å²) in [7, 11) is 0. The van der Waals surface area contributed by atoms with E-state index in [0.29, 0.717) is 80.4 Å². The van der Waals surface area contributed by atoms with Gasteiger partial charge in [-0.25, -0.2) is 4.99 Å². The lowest BCUT2D eigenvalue weighted by Gasteiger charge is -2.34. The molecular formula is C56H67N11O8. The number of hydrogen-bond acceptors (Lipinski definition) is 14. The Balaban J connectivity index is 0.813. The number of rotatable bonds is 9. The van der Waals surface area contributed by atoms with E-state index < -0.39 is 29.7 Å². The standard InChI is InChI=1S/C56H67N11O8/c1-56(2,3)44-31-45(64-75-44)62-47(69)29-36-11-14-37(15-12-36)50-51-52(57)59-32-39(61-51)9-5-4-6-25-66(33-48(70)60-38-10-7-8-35(28-38)21-24-58-50)49(71)20-13-34-22-26-65(27-23-34)40-16-17-41-42(30-40)55(74)67(54(41)73)43-18-19-46(68)63-53(43)72/h5,9,11-12,14-17,24,30-32,34-35,38,43,61H,4,6-8,10,13,18-23,25-29,33H2,1-3H3,(H2,57,59)(H,60,70)(H,62,64,69)(H,63,68,72)/b9-5+,51-50-,58-24?/t35-,38+,43?/m0/s1. The molecule has 2 aromatic carbocycles. The van der Waals surface area contributed by atoms with Crippen LogP contribution in [0.1, 0.15) is 142 Å². The van der Waals surface area contributed by atoms with E-state index in [1.165, 1.54) is 0 Å². The summed E-state index contributed by atoms with van der Waals surface area (Å²) in [5.41, 5.74) is 11.1. The molecule has 1 unspecified atom stereocenters. The van der Waals surface area contributed by atoms with Crippen molar-refractivity contribution in [2.45, 2.75) is 128 Å². The summed E-state index contributed by atoms with van der Waals surface area (Å²) >= 11 is 0. The third kappa shape index (κ3) is 12.6. The number of carbonyl (C=O) groups excluding carboxylic acids is 7. The van der Waals surface area contributed by atoms with Gasteiger partial charge in [-0.2, -0.15) is 0 Å². The highest BCUT2D eigenvalue weighted by Gasteiger charge is 2.45. The third-order valence-electron chi connectivity index (χ3n) is 15.0. The lowest BCUT2D eigenvalue weighted by atomic mass is 9.84. The number of nitrogens with zero attached hydrogens (tertiary/aromatic N) is 6. The fraction of sp³-hybridized carbons (Fsp3) is 0.464. The summed E-state index contributed by atoms with van der Waals surface area (Å²) in [6, 6.07) is 13.5. The summed E-state index contributed by atoms with van der Waals surface area (Å²) in [5, 5.41) is 15.8. The van der Waals surface area contributed by atoms with Crippen LogP contribution in [0.2, 0.25) is 0 Å². The van der Waals surface area contributed by atoms with Crippen molar-refractivity contribution in [2.75, 3.05) is 36.4 Å². The van der Waals surface area contributed by atoms with Crippen molar-refractivity contribution in [3.63, 3.8) is 0 Å². The van der Waals surface area contributed by atoms with E-state index in [2.05, 4.69) is 36.3 Å². The Kier molecular flexibility index (Phi) is 15.9. The van der Waals surface area contributed by atoms with Gasteiger partial charge in [0, 0.05) is 67.5 Å². The van der Waals surface area contributed by atoms with Crippen molar-refractivity contribution in [1.82, 2.24) is 30.9 Å². The molecule has 7 amide bonds. The number of piperidine rings is 2. The highest BCUT2D eigenvalue weighted by molar-refractivity contribution is 6.23. The van der Waals surface area contributed by atoms with Crippen molar-refractivity contribution >= 4 is 70.6 Å². The molecule has 19 heteroatoms. The number of aliphatic imine (C=N–C) groups is 2. The molecule has 6 N–H and O–H groups in total. The van der Waals surface area contributed by atoms with Gasteiger partial charge in [0.15, 0.2) is 5.82 Å². The Morgan fingerprint density at radius 3 is 2.43 bits per heavy atom. The highest BCUT2D eigenvalue weighted by Crippen LogP contribution is 2.34. The first kappa shape index (κ1) is 52.2. The van der Waals surface area contributed by atoms with Gasteiger partial charge >= 0.3 is 0 Å². The molecule has 1 aliphatic carbocycles. The lowest BCUT2D eigenvalue weighted by Crippen LogP contribution is -2.54. The first-order valence-electron chi connectivity index (χ1n) is 26.3. The number of allylic oxidation sites excluding steroid dienone is 2. The number of nitrogens with one attached hydrogen (secondary N) is 4. The molecule has 0 radical (unpaired) electrons. The van der Waals surface area contributed by atoms with Crippen molar-refractivity contribution in [1.29, 1.82) is 0 Å². The molecule has 6 heterocycles. The monoisotopic (exact) mass is 1020 g/mol. The van der Waals surface area contributed by atoms with E-state index in [4.69, 9.17) is 15.2 Å². The Morgan fingerprint density at radius 2 is 1.67 bits per heavy atom. The Bertz CT molecular complexity index is 2880. The van der Waals surface area contributed by atoms with Gasteiger partial charge in [-0.3, -0.25) is 48.8 Å². The maximum Gasteiger partial charge on any atom is 0.262 e. The zero-order valence-corrected chi connectivity index (χ0v) is 43.0. The van der Waals surface area contributed by atoms with E-state index in [9.17, 15) is 33.6 Å². The van der Waals surface area contributed by atoms with E-state index in [1.54, 1.807) is 29.3 Å². The van der Waals surface area contributed by atoms with Crippen LogP contribution in [0.25, 0.3) is 5.70 Å². The average molecular weight is 1020 g/mol. The molecule has 6 aliphatic rings. The molecule has 394 valence electrons. The SMILES string of the molecule is CC(C)(C)c1cc(NC(=O)Cc2ccc(/C3=C4/NC(=CN=C4N)/C=C/CCCN(C(=O)CCC4CCN(c5ccc6c(c5)C(=O)N(C5CCC(=O)NC5=O)C6=O)CC4)CC(=O)N[C@@H]4CCC[C@@H](CC=N3)C4)cc2)no1. The van der Waals surface area contributed by atoms with Gasteiger partial charge in [0.2, 0.25) is 29.5 Å². The van der Waals surface area contributed by atoms with Gasteiger partial charge in [0.1, 0.15) is 23.3 Å². The Morgan fingerprint density at radius 1 is 0.880 bits per heavy atom. The number of anilines is 2. The van der Waals surface area contributed by atoms with Crippen molar-refractivity contribution in [3.05, 3.63) is 106 Å². The van der Waals surface area contributed by atoms with Gasteiger partial charge in [0.25, 0.3) is 11.8 Å². The molecule has 9 rings (SSSR count). The van der Waals surface area contributed by atoms with Crippen LogP contribution in [0.15, 0.2) is 92.8 Å². The second-order valence-electron chi connectivity index (χ2n) is 21.5. The van der Waals surface area contributed by atoms with Crippen LogP contribution in [-0.4, -0.2) is 107 Å². The molecular weight excluding hydrogens is 955 g/mol. The number of aromatic nitrogens is 1. The number of amides is 7. The van der Waals surface area contributed by atoms with Crippen LogP contribution in [0.4, 0.5) is 11.5 Å². The predicted octanol–water partition coefficient (Wildman–Crippen LogP) is 6.04. The van der Waals surface area contributed by atoms with E-state index in [-0.39, 0.29) is 83.8 Å². The zero-order chi connectivity index (χ0) is 52.8. The summed E-state index contributed by atoms with van der Waals surface area (Å²) in [4.78, 5) is 106. The summed E-state index contributed by atoms with van der Waals surface area (Å²) in [6.45, 7) is 7.84. The van der Waals surface area contributed by atoms with E-state index >= 15 is 0 Å². The number of amidine groups is 1. The molecule has 1 saturated carbocycles. The first-order valence-corrected chi connectivity index (χ1v) is 26.3. The van der Waals surface area contributed by atoms with Crippen LogP contribution in [0.3, 0.4) is 0 Å². The molecule has 5 aliphatic heterocycles. The van der Waals surface area contributed by atoms with Gasteiger partial charge in [-0.05, 0) is 106 Å². The predicted molar refractivity (Wildman–Crippen MR) is 283 cm³/mol. The second-order valence-corrected chi connectivity index (χ2v) is 21.5. The zero-order valence-electron chi connectivity index (χ0n) is 43.0. The summed E-state index contributed by atoms with van der Waals surface area (Å²) < 4.78 is 5.42. The molecule has 0 spiro atoms. The average Bonchev–Trinajstić information content (AvgIpc) is 3.96. The summed E-state index contributed by atoms with van der Waals surface area (Å²) in [5.74, 6) is -0.655. The topological polar surface area (TPSA) is 254 Å². The number of nitrogens with two attached hydrogens (primary N) is 1. The van der Waals surface area contributed by atoms with Gasteiger partial charge in [-0.1, -0.05) is 62.7 Å². The van der Waals surface area contributed by atoms with Crippen molar-refractivity contribution < 1.29 is 38.1 Å². The minimum Gasteiger partial charge on any atom is -0.382 e. The van der Waals surface area contributed by atoms with Crippen molar-refractivity contribution in [2.24, 2.45) is 27.6 Å². The van der Waals surface area contributed by atoms with Crippen LogP contribution in [-0.2, 0) is 35.8 Å². The highest BCUT2D eigenvalue weighted by atomic mass is 16.5. The van der Waals surface area contributed by atoms with Gasteiger partial charge in [-0.15, -0.1) is 0 Å². The number of hydrogen-bond donors (Lipinski definition) is 5. The molecule has 1 aromatic heterocycles. The smallest absolute Gasteiger partial charge is 0.262 e. The lowest BCUT2D eigenvalue weighted by molar-refractivity contribution is -0.136. The fourth-order valence-corrected chi connectivity index (χ4v) is 10.7. The van der Waals surface area contributed by atoms with Gasteiger partial charge in [0.05, 0.1) is 41.7 Å².